The molecular weight excluding hydrogens is 338 g/mol. The number of fused-ring (bicyclic) bond motifs is 1. The highest BCUT2D eigenvalue weighted by Gasteiger charge is 2.55. The molecule has 0 unspecified atom stereocenters. The molecule has 2 N–H and O–H groups in total. The third-order valence-electron chi connectivity index (χ3n) is 4.36. The van der Waals surface area contributed by atoms with Crippen LogP contribution in [0.15, 0.2) is 36.0 Å². The van der Waals surface area contributed by atoms with E-state index in [1.54, 1.807) is 12.1 Å². The standard InChI is InChI=1S/C19H21NO6/c1-2-3-4-9-15(23)25-16-12(10-14(22)17-18(16)26-17)20-19(24)11-7-5-6-8-13(11)21/h5-8,10,16-18,21H,2-4,9H2,1H3,(H,20,24)/t16-,17+,18-/m1/s1. The van der Waals surface area contributed by atoms with Gasteiger partial charge in [0.05, 0.1) is 11.3 Å². The number of benzene rings is 1. The van der Waals surface area contributed by atoms with Gasteiger partial charge in [-0.05, 0) is 18.6 Å². The van der Waals surface area contributed by atoms with E-state index in [0.717, 1.165) is 19.3 Å². The van der Waals surface area contributed by atoms with E-state index < -0.39 is 30.2 Å². The Bertz CT molecular complexity index is 756. The van der Waals surface area contributed by atoms with Crippen LogP contribution in [0.1, 0.15) is 43.0 Å². The molecule has 1 aliphatic heterocycles. The molecule has 1 fully saturated rings. The summed E-state index contributed by atoms with van der Waals surface area (Å²) in [6.45, 7) is 2.04. The van der Waals surface area contributed by atoms with Crippen molar-refractivity contribution in [2.75, 3.05) is 0 Å². The predicted octanol–water partition coefficient (Wildman–Crippen LogP) is 1.85. The largest absolute Gasteiger partial charge is 0.507 e. The predicted molar refractivity (Wildman–Crippen MR) is 91.3 cm³/mol. The highest BCUT2D eigenvalue weighted by Crippen LogP contribution is 2.36. The number of nitrogens with one attached hydrogen (secondary N) is 1. The second kappa shape index (κ2) is 7.70. The van der Waals surface area contributed by atoms with Crippen LogP contribution < -0.4 is 5.32 Å². The molecule has 1 saturated heterocycles. The van der Waals surface area contributed by atoms with Gasteiger partial charge in [-0.1, -0.05) is 31.9 Å². The molecule has 138 valence electrons. The Morgan fingerprint density at radius 3 is 2.77 bits per heavy atom. The molecule has 1 amide bonds. The van der Waals surface area contributed by atoms with Crippen molar-refractivity contribution in [3.05, 3.63) is 41.6 Å². The molecule has 0 aromatic heterocycles. The fourth-order valence-electron chi connectivity index (χ4n) is 2.90. The molecule has 3 atom stereocenters. The van der Waals surface area contributed by atoms with Crippen molar-refractivity contribution in [1.82, 2.24) is 5.32 Å². The van der Waals surface area contributed by atoms with Crippen LogP contribution in [-0.2, 0) is 19.1 Å². The lowest BCUT2D eigenvalue weighted by Gasteiger charge is -2.22. The first-order chi connectivity index (χ1) is 12.5. The number of unbranched alkanes of at least 4 members (excludes halogenated alkanes) is 2. The van der Waals surface area contributed by atoms with Gasteiger partial charge in [0.25, 0.3) is 5.91 Å². The number of ketones is 1. The van der Waals surface area contributed by atoms with E-state index in [-0.39, 0.29) is 29.2 Å². The van der Waals surface area contributed by atoms with Gasteiger partial charge in [0.15, 0.2) is 18.0 Å². The maximum Gasteiger partial charge on any atom is 0.306 e. The number of phenols is 1. The van der Waals surface area contributed by atoms with Crippen molar-refractivity contribution in [2.45, 2.75) is 50.9 Å². The number of phenolic OH excluding ortho intramolecular Hbond substituents is 1. The topological polar surface area (TPSA) is 105 Å². The number of ether oxygens (including phenoxy) is 2. The van der Waals surface area contributed by atoms with E-state index in [2.05, 4.69) is 5.32 Å². The second-order valence-corrected chi connectivity index (χ2v) is 6.36. The molecule has 3 rings (SSSR count). The molecule has 2 aliphatic rings. The van der Waals surface area contributed by atoms with Crippen molar-refractivity contribution in [2.24, 2.45) is 0 Å². The zero-order chi connectivity index (χ0) is 18.7. The summed E-state index contributed by atoms with van der Waals surface area (Å²) in [5, 5.41) is 12.4. The Hall–Kier alpha value is -2.67. The number of carbonyl (C=O) groups is 3. The minimum Gasteiger partial charge on any atom is -0.507 e. The van der Waals surface area contributed by atoms with Crippen LogP contribution in [0.3, 0.4) is 0 Å². The van der Waals surface area contributed by atoms with Gasteiger partial charge in [0, 0.05) is 12.5 Å². The molecule has 1 aliphatic carbocycles. The number of hydrogen-bond acceptors (Lipinski definition) is 6. The Morgan fingerprint density at radius 2 is 2.04 bits per heavy atom. The Kier molecular flexibility index (Phi) is 5.37. The van der Waals surface area contributed by atoms with Gasteiger partial charge >= 0.3 is 5.97 Å². The number of hydrogen-bond donors (Lipinski definition) is 2. The summed E-state index contributed by atoms with van der Waals surface area (Å²) >= 11 is 0. The maximum absolute atomic E-state index is 12.4. The summed E-state index contributed by atoms with van der Waals surface area (Å²) in [5.41, 5.74) is 0.235. The molecule has 26 heavy (non-hydrogen) atoms. The zero-order valence-electron chi connectivity index (χ0n) is 14.4. The zero-order valence-corrected chi connectivity index (χ0v) is 14.4. The van der Waals surface area contributed by atoms with Gasteiger partial charge < -0.3 is 19.9 Å². The monoisotopic (exact) mass is 359 g/mol. The van der Waals surface area contributed by atoms with Crippen molar-refractivity contribution < 1.29 is 29.0 Å². The smallest absolute Gasteiger partial charge is 0.306 e. The summed E-state index contributed by atoms with van der Waals surface area (Å²) in [5.74, 6) is -1.44. The van der Waals surface area contributed by atoms with E-state index in [1.807, 2.05) is 6.92 Å². The van der Waals surface area contributed by atoms with Crippen LogP contribution in [-0.4, -0.2) is 41.1 Å². The van der Waals surface area contributed by atoms with Crippen LogP contribution in [0.4, 0.5) is 0 Å². The first kappa shape index (κ1) is 18.1. The summed E-state index contributed by atoms with van der Waals surface area (Å²) in [4.78, 5) is 36.4. The lowest BCUT2D eigenvalue weighted by atomic mass is 10.00. The van der Waals surface area contributed by atoms with Crippen LogP contribution in [0.2, 0.25) is 0 Å². The molecule has 7 nitrogen and oxygen atoms in total. The Morgan fingerprint density at radius 1 is 1.27 bits per heavy atom. The quantitative estimate of drug-likeness (QED) is 0.437. The van der Waals surface area contributed by atoms with Gasteiger partial charge in [-0.2, -0.15) is 0 Å². The minimum atomic E-state index is -0.832. The number of esters is 1. The van der Waals surface area contributed by atoms with Crippen LogP contribution in [0.25, 0.3) is 0 Å². The van der Waals surface area contributed by atoms with Gasteiger partial charge in [-0.3, -0.25) is 14.4 Å². The molecule has 1 aromatic rings. The molecule has 0 bridgehead atoms. The average molecular weight is 359 g/mol. The first-order valence-electron chi connectivity index (χ1n) is 8.71. The van der Waals surface area contributed by atoms with E-state index in [4.69, 9.17) is 9.47 Å². The van der Waals surface area contributed by atoms with Crippen LogP contribution in [0, 0.1) is 0 Å². The minimum absolute atomic E-state index is 0.0627. The SMILES string of the molecule is CCCCCC(=O)O[C@@H]1C(NC(=O)c2ccccc2O)=CC(=O)[C@@H]2O[C@H]12. The van der Waals surface area contributed by atoms with Crippen LogP contribution >= 0.6 is 0 Å². The molecule has 0 saturated carbocycles. The number of para-hydroxylation sites is 1. The third kappa shape index (κ3) is 3.94. The normalized spacial score (nSPS) is 23.7. The number of epoxide rings is 1. The molecular formula is C19H21NO6. The fraction of sp³-hybridized carbons (Fsp3) is 0.421. The molecule has 0 spiro atoms. The third-order valence-corrected chi connectivity index (χ3v) is 4.36. The number of rotatable bonds is 7. The molecule has 7 heteroatoms. The molecule has 1 heterocycles. The summed E-state index contributed by atoms with van der Waals surface area (Å²) in [7, 11) is 0. The summed E-state index contributed by atoms with van der Waals surface area (Å²) in [6.07, 6.45) is 2.12. The molecule has 0 radical (unpaired) electrons. The van der Waals surface area contributed by atoms with Crippen molar-refractivity contribution >= 4 is 17.7 Å². The molecule has 1 aromatic carbocycles. The van der Waals surface area contributed by atoms with E-state index in [9.17, 15) is 19.5 Å². The van der Waals surface area contributed by atoms with Gasteiger partial charge in [0.1, 0.15) is 11.9 Å². The number of amides is 1. The van der Waals surface area contributed by atoms with Crippen molar-refractivity contribution in [1.29, 1.82) is 0 Å². The van der Waals surface area contributed by atoms with E-state index in [0.29, 0.717) is 0 Å². The van der Waals surface area contributed by atoms with Crippen molar-refractivity contribution in [3.8, 4) is 5.75 Å². The highest BCUT2D eigenvalue weighted by atomic mass is 16.6. The van der Waals surface area contributed by atoms with E-state index >= 15 is 0 Å². The van der Waals surface area contributed by atoms with Gasteiger partial charge in [0.2, 0.25) is 0 Å². The fourth-order valence-corrected chi connectivity index (χ4v) is 2.90. The Labute approximate surface area is 151 Å². The average Bonchev–Trinajstić information content (AvgIpc) is 3.40. The maximum atomic E-state index is 12.4. The summed E-state index contributed by atoms with van der Waals surface area (Å²) < 4.78 is 10.7. The lowest BCUT2D eigenvalue weighted by molar-refractivity contribution is -0.148. The van der Waals surface area contributed by atoms with Gasteiger partial charge in [-0.15, -0.1) is 0 Å². The first-order valence-corrected chi connectivity index (χ1v) is 8.71. The van der Waals surface area contributed by atoms with Crippen LogP contribution in [0.5, 0.6) is 5.75 Å². The van der Waals surface area contributed by atoms with E-state index in [1.165, 1.54) is 18.2 Å². The number of aromatic hydroxyl groups is 1. The van der Waals surface area contributed by atoms with Crippen molar-refractivity contribution in [3.63, 3.8) is 0 Å². The highest BCUT2D eigenvalue weighted by molar-refractivity contribution is 6.01. The second-order valence-electron chi connectivity index (χ2n) is 6.36. The Balaban J connectivity index is 1.71. The van der Waals surface area contributed by atoms with Gasteiger partial charge in [-0.25, -0.2) is 0 Å². The summed E-state index contributed by atoms with van der Waals surface area (Å²) in [6, 6.07) is 6.05. The number of carbonyl (C=O) groups excluding carboxylic acids is 3. The lowest BCUT2D eigenvalue weighted by Crippen LogP contribution is -2.40.